The molecule has 2 aliphatic rings. The number of morpholine rings is 1. The molecule has 0 radical (unpaired) electrons. The molecule has 2 aliphatic heterocycles. The van der Waals surface area contributed by atoms with Gasteiger partial charge in [0.15, 0.2) is 11.5 Å². The molecule has 2 aromatic rings. The quantitative estimate of drug-likeness (QED) is 0.750. The summed E-state index contributed by atoms with van der Waals surface area (Å²) in [6, 6.07) is 7.91. The lowest BCUT2D eigenvalue weighted by atomic mass is 9.94. The minimum Gasteiger partial charge on any atom is -0.503 e. The summed E-state index contributed by atoms with van der Waals surface area (Å²) in [4.78, 5) is 29.3. The van der Waals surface area contributed by atoms with Crippen LogP contribution in [0.5, 0.6) is 0 Å². The number of benzene rings is 1. The normalized spacial score (nSPS) is 20.5. The van der Waals surface area contributed by atoms with Crippen molar-refractivity contribution in [3.63, 3.8) is 0 Å². The van der Waals surface area contributed by atoms with Crippen LogP contribution in [-0.2, 0) is 9.53 Å². The van der Waals surface area contributed by atoms with Gasteiger partial charge in [0, 0.05) is 31.7 Å². The van der Waals surface area contributed by atoms with E-state index in [1.54, 1.807) is 6.07 Å². The summed E-state index contributed by atoms with van der Waals surface area (Å²) < 4.78 is 25.1. The standard InChI is InChI=1S/C21H21FN2O5/c22-15-5-2-1-4-14(15)18-17(19(25)16-6-3-11-29-16)20(26)21(27)24(18)8-7-23-9-12-28-13-10-23/h1-6,11,18,26H,7-10,12-13H2/t18-/m0/s1. The van der Waals surface area contributed by atoms with Gasteiger partial charge in [0.1, 0.15) is 5.82 Å². The van der Waals surface area contributed by atoms with Crippen molar-refractivity contribution in [3.8, 4) is 0 Å². The maximum absolute atomic E-state index is 14.6. The number of hydrogen-bond donors (Lipinski definition) is 1. The molecule has 1 amide bonds. The summed E-state index contributed by atoms with van der Waals surface area (Å²) in [5.41, 5.74) is -0.0150. The van der Waals surface area contributed by atoms with E-state index in [4.69, 9.17) is 9.15 Å². The molecule has 1 fully saturated rings. The first-order chi connectivity index (χ1) is 14.1. The van der Waals surface area contributed by atoms with Crippen LogP contribution in [0.1, 0.15) is 22.2 Å². The molecule has 0 unspecified atom stereocenters. The summed E-state index contributed by atoms with van der Waals surface area (Å²) in [5.74, 6) is -2.57. The molecule has 4 rings (SSSR count). The van der Waals surface area contributed by atoms with Gasteiger partial charge in [-0.2, -0.15) is 0 Å². The van der Waals surface area contributed by atoms with Crippen LogP contribution in [0.2, 0.25) is 0 Å². The summed E-state index contributed by atoms with van der Waals surface area (Å²) >= 11 is 0. The van der Waals surface area contributed by atoms with E-state index < -0.39 is 29.3 Å². The van der Waals surface area contributed by atoms with Crippen molar-refractivity contribution in [3.05, 3.63) is 71.1 Å². The molecule has 0 saturated carbocycles. The molecule has 3 heterocycles. The zero-order valence-electron chi connectivity index (χ0n) is 15.7. The predicted octanol–water partition coefficient (Wildman–Crippen LogP) is 2.33. The van der Waals surface area contributed by atoms with Crippen LogP contribution in [0.15, 0.2) is 58.4 Å². The van der Waals surface area contributed by atoms with Crippen LogP contribution in [-0.4, -0.2) is 66.0 Å². The summed E-state index contributed by atoms with van der Waals surface area (Å²) in [5, 5.41) is 10.5. The minimum atomic E-state index is -1.03. The van der Waals surface area contributed by atoms with Crippen LogP contribution >= 0.6 is 0 Å². The smallest absolute Gasteiger partial charge is 0.290 e. The Labute approximate surface area is 167 Å². The Bertz CT molecular complexity index is 934. The van der Waals surface area contributed by atoms with Crippen LogP contribution in [0.4, 0.5) is 4.39 Å². The number of amides is 1. The van der Waals surface area contributed by atoms with E-state index in [0.29, 0.717) is 19.8 Å². The second kappa shape index (κ2) is 8.18. The van der Waals surface area contributed by atoms with Crippen LogP contribution < -0.4 is 0 Å². The number of ketones is 1. The van der Waals surface area contributed by atoms with Crippen molar-refractivity contribution < 1.29 is 28.2 Å². The van der Waals surface area contributed by atoms with Gasteiger partial charge < -0.3 is 19.2 Å². The molecule has 0 aliphatic carbocycles. The molecule has 1 N–H and O–H groups in total. The second-order valence-corrected chi connectivity index (χ2v) is 6.95. The van der Waals surface area contributed by atoms with Gasteiger partial charge in [0.25, 0.3) is 5.91 Å². The number of halogens is 1. The molecular weight excluding hydrogens is 379 g/mol. The maximum atomic E-state index is 14.6. The number of carbonyl (C=O) groups excluding carboxylic acids is 2. The van der Waals surface area contributed by atoms with Crippen molar-refractivity contribution in [1.29, 1.82) is 0 Å². The van der Waals surface area contributed by atoms with E-state index in [1.807, 2.05) is 0 Å². The Balaban J connectivity index is 1.68. The summed E-state index contributed by atoms with van der Waals surface area (Å²) in [6.45, 7) is 3.42. The number of carbonyl (C=O) groups is 2. The zero-order valence-corrected chi connectivity index (χ0v) is 15.7. The van der Waals surface area contributed by atoms with E-state index >= 15 is 0 Å². The van der Waals surface area contributed by atoms with Gasteiger partial charge in [-0.1, -0.05) is 18.2 Å². The average molecular weight is 400 g/mol. The van der Waals surface area contributed by atoms with Crippen molar-refractivity contribution in [2.24, 2.45) is 0 Å². The van der Waals surface area contributed by atoms with Gasteiger partial charge in [-0.15, -0.1) is 0 Å². The Hall–Kier alpha value is -2.97. The monoisotopic (exact) mass is 400 g/mol. The third-order valence-corrected chi connectivity index (χ3v) is 5.25. The van der Waals surface area contributed by atoms with E-state index in [9.17, 15) is 19.1 Å². The molecule has 152 valence electrons. The molecule has 7 nitrogen and oxygen atoms in total. The van der Waals surface area contributed by atoms with Gasteiger partial charge >= 0.3 is 0 Å². The van der Waals surface area contributed by atoms with Crippen LogP contribution in [0.25, 0.3) is 0 Å². The number of Topliss-reactive ketones (excluding diaryl/α,β-unsaturated/α-hetero) is 1. The van der Waals surface area contributed by atoms with Gasteiger partial charge in [0.05, 0.1) is 31.1 Å². The summed E-state index contributed by atoms with van der Waals surface area (Å²) in [6.07, 6.45) is 1.33. The SMILES string of the molecule is O=C(C1=C(O)C(=O)N(CCN2CCOCC2)[C@H]1c1ccccc1F)c1ccco1. The number of aliphatic hydroxyl groups is 1. The fourth-order valence-electron chi connectivity index (χ4n) is 3.75. The molecule has 8 heteroatoms. The molecule has 1 aromatic heterocycles. The Morgan fingerprint density at radius 2 is 1.90 bits per heavy atom. The number of rotatable bonds is 6. The number of ether oxygens (including phenoxy) is 1. The maximum Gasteiger partial charge on any atom is 0.290 e. The van der Waals surface area contributed by atoms with E-state index in [-0.39, 0.29) is 23.4 Å². The second-order valence-electron chi connectivity index (χ2n) is 6.95. The first kappa shape index (κ1) is 19.4. The first-order valence-corrected chi connectivity index (χ1v) is 9.44. The average Bonchev–Trinajstić information content (AvgIpc) is 3.35. The largest absolute Gasteiger partial charge is 0.503 e. The lowest BCUT2D eigenvalue weighted by Crippen LogP contribution is -2.43. The molecule has 1 saturated heterocycles. The number of aliphatic hydroxyl groups excluding tert-OH is 1. The fraction of sp³-hybridized carbons (Fsp3) is 0.333. The van der Waals surface area contributed by atoms with E-state index in [0.717, 1.165) is 13.1 Å². The Kier molecular flexibility index (Phi) is 5.46. The van der Waals surface area contributed by atoms with Crippen molar-refractivity contribution in [2.75, 3.05) is 39.4 Å². The molecule has 1 aromatic carbocycles. The molecule has 29 heavy (non-hydrogen) atoms. The molecular formula is C21H21FN2O5. The van der Waals surface area contributed by atoms with Gasteiger partial charge in [-0.3, -0.25) is 14.5 Å². The van der Waals surface area contributed by atoms with Gasteiger partial charge in [0.2, 0.25) is 5.78 Å². The van der Waals surface area contributed by atoms with E-state index in [1.165, 1.54) is 41.5 Å². The van der Waals surface area contributed by atoms with Crippen molar-refractivity contribution >= 4 is 11.7 Å². The highest BCUT2D eigenvalue weighted by atomic mass is 19.1. The number of hydrogen-bond acceptors (Lipinski definition) is 6. The lowest BCUT2D eigenvalue weighted by Gasteiger charge is -2.31. The van der Waals surface area contributed by atoms with Crippen LogP contribution in [0, 0.1) is 5.82 Å². The third-order valence-electron chi connectivity index (χ3n) is 5.25. The number of nitrogens with zero attached hydrogens (tertiary/aromatic N) is 2. The molecule has 1 atom stereocenters. The van der Waals surface area contributed by atoms with Crippen LogP contribution in [0.3, 0.4) is 0 Å². The van der Waals surface area contributed by atoms with Crippen molar-refractivity contribution in [1.82, 2.24) is 9.80 Å². The molecule has 0 bridgehead atoms. The van der Waals surface area contributed by atoms with Gasteiger partial charge in [-0.25, -0.2) is 4.39 Å². The zero-order chi connectivity index (χ0) is 20.4. The summed E-state index contributed by atoms with van der Waals surface area (Å²) in [7, 11) is 0. The highest BCUT2D eigenvalue weighted by molar-refractivity contribution is 6.15. The third kappa shape index (κ3) is 3.68. The Morgan fingerprint density at radius 1 is 1.14 bits per heavy atom. The van der Waals surface area contributed by atoms with E-state index in [2.05, 4.69) is 4.90 Å². The fourth-order valence-corrected chi connectivity index (χ4v) is 3.75. The van der Waals surface area contributed by atoms with Gasteiger partial charge in [-0.05, 0) is 18.2 Å². The minimum absolute atomic E-state index is 0.0179. The highest BCUT2D eigenvalue weighted by Gasteiger charge is 2.45. The number of furan rings is 1. The highest BCUT2D eigenvalue weighted by Crippen LogP contribution is 2.39. The predicted molar refractivity (Wildman–Crippen MR) is 101 cm³/mol. The van der Waals surface area contributed by atoms with Crippen molar-refractivity contribution in [2.45, 2.75) is 6.04 Å². The molecule has 0 spiro atoms. The first-order valence-electron chi connectivity index (χ1n) is 9.44. The Morgan fingerprint density at radius 3 is 2.59 bits per heavy atom. The lowest BCUT2D eigenvalue weighted by molar-refractivity contribution is -0.129. The topological polar surface area (TPSA) is 83.2 Å².